The van der Waals surface area contributed by atoms with E-state index in [1.54, 1.807) is 7.05 Å². The molecule has 1 N–H and O–H groups in total. The molecule has 0 radical (unpaired) electrons. The van der Waals surface area contributed by atoms with E-state index in [2.05, 4.69) is 6.92 Å². The fraction of sp³-hybridized carbons (Fsp3) is 0.818. The third-order valence-corrected chi connectivity index (χ3v) is 2.64. The predicted molar refractivity (Wildman–Crippen MR) is 58.6 cm³/mol. The van der Waals surface area contributed by atoms with Crippen LogP contribution in [0.1, 0.15) is 40.0 Å². The minimum absolute atomic E-state index is 0.0918. The zero-order valence-electron chi connectivity index (χ0n) is 9.99. The Morgan fingerprint density at radius 3 is 2.27 bits per heavy atom. The molecule has 0 aliphatic rings. The highest BCUT2D eigenvalue weighted by atomic mass is 16.4. The Morgan fingerprint density at radius 1 is 1.33 bits per heavy atom. The van der Waals surface area contributed by atoms with Crippen molar-refractivity contribution in [3.63, 3.8) is 0 Å². The molecule has 15 heavy (non-hydrogen) atoms. The average Bonchev–Trinajstić information content (AvgIpc) is 2.15. The van der Waals surface area contributed by atoms with E-state index in [1.807, 2.05) is 6.92 Å². The van der Waals surface area contributed by atoms with E-state index in [4.69, 9.17) is 5.11 Å². The van der Waals surface area contributed by atoms with Crippen LogP contribution in [0.15, 0.2) is 0 Å². The maximum absolute atomic E-state index is 11.6. The highest BCUT2D eigenvalue weighted by molar-refractivity contribution is 5.83. The zero-order valence-corrected chi connectivity index (χ0v) is 9.99. The quantitative estimate of drug-likeness (QED) is 0.734. The van der Waals surface area contributed by atoms with E-state index in [1.165, 1.54) is 11.8 Å². The first-order valence-electron chi connectivity index (χ1n) is 5.38. The lowest BCUT2D eigenvalue weighted by Crippen LogP contribution is -2.40. The smallest absolute Gasteiger partial charge is 0.326 e. The average molecular weight is 215 g/mol. The van der Waals surface area contributed by atoms with Crippen LogP contribution in [-0.2, 0) is 9.59 Å². The van der Waals surface area contributed by atoms with E-state index < -0.39 is 12.0 Å². The van der Waals surface area contributed by atoms with Gasteiger partial charge in [0, 0.05) is 13.5 Å². The van der Waals surface area contributed by atoms with Gasteiger partial charge in [-0.25, -0.2) is 4.79 Å². The normalized spacial score (nSPS) is 14.4. The van der Waals surface area contributed by atoms with Crippen LogP contribution in [0.25, 0.3) is 0 Å². The van der Waals surface area contributed by atoms with Gasteiger partial charge in [-0.1, -0.05) is 26.7 Å². The first-order chi connectivity index (χ1) is 6.90. The number of carboxylic acids is 1. The Bertz CT molecular complexity index is 228. The van der Waals surface area contributed by atoms with E-state index >= 15 is 0 Å². The van der Waals surface area contributed by atoms with Gasteiger partial charge in [-0.3, -0.25) is 4.79 Å². The summed E-state index contributed by atoms with van der Waals surface area (Å²) in [5, 5.41) is 8.74. The van der Waals surface area contributed by atoms with Crippen molar-refractivity contribution in [2.75, 3.05) is 7.05 Å². The van der Waals surface area contributed by atoms with Crippen molar-refractivity contribution in [3.05, 3.63) is 0 Å². The zero-order chi connectivity index (χ0) is 12.0. The molecule has 0 spiro atoms. The van der Waals surface area contributed by atoms with Crippen molar-refractivity contribution in [2.24, 2.45) is 5.92 Å². The lowest BCUT2D eigenvalue weighted by atomic mass is 10.0. The van der Waals surface area contributed by atoms with Crippen molar-refractivity contribution in [3.8, 4) is 0 Å². The molecule has 0 rings (SSSR count). The number of carbonyl (C=O) groups is 2. The second-order valence-electron chi connectivity index (χ2n) is 4.12. The summed E-state index contributed by atoms with van der Waals surface area (Å²) in [6, 6.07) is -0.744. The summed E-state index contributed by atoms with van der Waals surface area (Å²) in [5.41, 5.74) is 0. The number of rotatable bonds is 6. The second-order valence-corrected chi connectivity index (χ2v) is 4.12. The highest BCUT2D eigenvalue weighted by Gasteiger charge is 2.22. The van der Waals surface area contributed by atoms with Gasteiger partial charge in [0.1, 0.15) is 6.04 Å². The molecule has 88 valence electrons. The Labute approximate surface area is 91.3 Å². The molecule has 0 bridgehead atoms. The second kappa shape index (κ2) is 6.43. The number of carboxylic acid groups (broad SMARTS) is 1. The summed E-state index contributed by atoms with van der Waals surface area (Å²) in [7, 11) is 1.54. The molecule has 0 aromatic rings. The molecule has 0 unspecified atom stereocenters. The largest absolute Gasteiger partial charge is 0.480 e. The third-order valence-electron chi connectivity index (χ3n) is 2.64. The van der Waals surface area contributed by atoms with Gasteiger partial charge in [0.05, 0.1) is 0 Å². The molecule has 0 saturated heterocycles. The maximum Gasteiger partial charge on any atom is 0.326 e. The van der Waals surface area contributed by atoms with Crippen molar-refractivity contribution < 1.29 is 14.7 Å². The van der Waals surface area contributed by atoms with Crippen LogP contribution in [0.5, 0.6) is 0 Å². The predicted octanol–water partition coefficient (Wildman–Crippen LogP) is 1.74. The Hall–Kier alpha value is -1.06. The number of amides is 1. The Morgan fingerprint density at radius 2 is 1.87 bits per heavy atom. The van der Waals surface area contributed by atoms with Crippen LogP contribution in [0.2, 0.25) is 0 Å². The molecule has 1 amide bonds. The van der Waals surface area contributed by atoms with Crippen LogP contribution in [0.4, 0.5) is 0 Å². The number of hydrogen-bond acceptors (Lipinski definition) is 2. The summed E-state index contributed by atoms with van der Waals surface area (Å²) >= 11 is 0. The van der Waals surface area contributed by atoms with Gasteiger partial charge >= 0.3 is 5.97 Å². The van der Waals surface area contributed by atoms with Crippen molar-refractivity contribution >= 4 is 11.9 Å². The van der Waals surface area contributed by atoms with Crippen molar-refractivity contribution in [2.45, 2.75) is 46.1 Å². The van der Waals surface area contributed by atoms with Crippen LogP contribution in [0.3, 0.4) is 0 Å². The fourth-order valence-electron chi connectivity index (χ4n) is 1.42. The summed E-state index contributed by atoms with van der Waals surface area (Å²) in [4.78, 5) is 23.6. The summed E-state index contributed by atoms with van der Waals surface area (Å²) < 4.78 is 0. The van der Waals surface area contributed by atoms with E-state index in [0.717, 1.165) is 12.8 Å². The summed E-state index contributed by atoms with van der Waals surface area (Å²) in [5.74, 6) is -0.731. The molecular weight excluding hydrogens is 194 g/mol. The number of hydrogen-bond donors (Lipinski definition) is 1. The lowest BCUT2D eigenvalue weighted by molar-refractivity contribution is -0.148. The van der Waals surface area contributed by atoms with Gasteiger partial charge in [0.2, 0.25) is 5.91 Å². The summed E-state index contributed by atoms with van der Waals surface area (Å²) in [6.07, 6.45) is 2.48. The van der Waals surface area contributed by atoms with Gasteiger partial charge in [-0.2, -0.15) is 0 Å². The van der Waals surface area contributed by atoms with Crippen molar-refractivity contribution in [1.29, 1.82) is 0 Å². The minimum atomic E-state index is -0.964. The van der Waals surface area contributed by atoms with Gasteiger partial charge in [-0.05, 0) is 12.8 Å². The Kier molecular flexibility index (Phi) is 5.97. The molecular formula is C11H21NO3. The number of nitrogens with zero attached hydrogens (tertiary/aromatic N) is 1. The minimum Gasteiger partial charge on any atom is -0.480 e. The molecule has 0 fully saturated rings. The van der Waals surface area contributed by atoms with E-state index in [9.17, 15) is 9.59 Å². The molecule has 2 atom stereocenters. The van der Waals surface area contributed by atoms with Crippen LogP contribution in [-0.4, -0.2) is 35.0 Å². The molecule has 0 aliphatic carbocycles. The molecule has 0 aromatic carbocycles. The SMILES string of the molecule is CCC[C@@H](C)CC(=O)N(C)[C@@H](C)C(=O)O. The van der Waals surface area contributed by atoms with Gasteiger partial charge < -0.3 is 10.0 Å². The van der Waals surface area contributed by atoms with Gasteiger partial charge in [0.25, 0.3) is 0 Å². The molecule has 4 nitrogen and oxygen atoms in total. The molecule has 0 saturated carbocycles. The molecule has 0 aromatic heterocycles. The Balaban J connectivity index is 4.15. The van der Waals surface area contributed by atoms with E-state index in [-0.39, 0.29) is 5.91 Å². The van der Waals surface area contributed by atoms with Crippen LogP contribution < -0.4 is 0 Å². The summed E-state index contributed by atoms with van der Waals surface area (Å²) in [6.45, 7) is 5.61. The maximum atomic E-state index is 11.6. The number of likely N-dealkylation sites (N-methyl/N-ethyl adjacent to an activating group) is 1. The van der Waals surface area contributed by atoms with E-state index in [0.29, 0.717) is 12.3 Å². The topological polar surface area (TPSA) is 57.6 Å². The van der Waals surface area contributed by atoms with Crippen LogP contribution >= 0.6 is 0 Å². The highest BCUT2D eigenvalue weighted by Crippen LogP contribution is 2.12. The van der Waals surface area contributed by atoms with Gasteiger partial charge in [0.15, 0.2) is 0 Å². The van der Waals surface area contributed by atoms with Crippen molar-refractivity contribution in [1.82, 2.24) is 4.90 Å². The molecule has 0 heterocycles. The van der Waals surface area contributed by atoms with Crippen LogP contribution in [0, 0.1) is 5.92 Å². The standard InChI is InChI=1S/C11H21NO3/c1-5-6-8(2)7-10(13)12(4)9(3)11(14)15/h8-9H,5-7H2,1-4H3,(H,14,15)/t8-,9+/m1/s1. The molecule has 4 heteroatoms. The number of carbonyl (C=O) groups excluding carboxylic acids is 1. The van der Waals surface area contributed by atoms with Gasteiger partial charge in [-0.15, -0.1) is 0 Å². The third kappa shape index (κ3) is 4.81. The lowest BCUT2D eigenvalue weighted by Gasteiger charge is -2.23. The first-order valence-corrected chi connectivity index (χ1v) is 5.38. The first kappa shape index (κ1) is 13.9. The fourth-order valence-corrected chi connectivity index (χ4v) is 1.42. The monoisotopic (exact) mass is 215 g/mol. The molecule has 0 aliphatic heterocycles. The number of aliphatic carboxylic acids is 1.